The molecular weight excluding hydrogens is 266 g/mol. The Hall–Kier alpha value is -0.380. The number of rotatable bonds is 4. The average molecular weight is 284 g/mol. The van der Waals surface area contributed by atoms with Crippen molar-refractivity contribution >= 4 is 15.9 Å². The summed E-state index contributed by atoms with van der Waals surface area (Å²) >= 11 is 3.48. The molecule has 2 rings (SSSR count). The van der Waals surface area contributed by atoms with Gasteiger partial charge in [0.2, 0.25) is 0 Å². The average Bonchev–Trinajstić information content (AvgIpc) is 2.79. The highest BCUT2D eigenvalue weighted by molar-refractivity contribution is 9.10. The molecule has 1 aromatic carbocycles. The van der Waals surface area contributed by atoms with Gasteiger partial charge in [0.25, 0.3) is 0 Å². The summed E-state index contributed by atoms with van der Waals surface area (Å²) in [5, 5.41) is 10.1. The van der Waals surface area contributed by atoms with Crippen LogP contribution in [0.1, 0.15) is 30.9 Å². The van der Waals surface area contributed by atoms with Crippen LogP contribution in [0.15, 0.2) is 28.7 Å². The first kappa shape index (κ1) is 12.1. The molecule has 1 heterocycles. The smallest absolute Gasteiger partial charge is 0.0813 e. The minimum Gasteiger partial charge on any atom is -0.388 e. The molecule has 3 heteroatoms. The van der Waals surface area contributed by atoms with Gasteiger partial charge in [-0.15, -0.1) is 0 Å². The number of halogens is 1. The molecule has 1 fully saturated rings. The Morgan fingerprint density at radius 3 is 2.62 bits per heavy atom. The monoisotopic (exact) mass is 283 g/mol. The zero-order chi connectivity index (χ0) is 11.4. The molecule has 88 valence electrons. The summed E-state index contributed by atoms with van der Waals surface area (Å²) in [6.07, 6.45) is 3.09. The van der Waals surface area contributed by atoms with Gasteiger partial charge in [-0.2, -0.15) is 0 Å². The predicted molar refractivity (Wildman–Crippen MR) is 69.4 cm³/mol. The summed E-state index contributed by atoms with van der Waals surface area (Å²) in [6.45, 7) is 3.40. The van der Waals surface area contributed by atoms with E-state index in [-0.39, 0.29) is 6.10 Å². The second-order valence-electron chi connectivity index (χ2n) is 4.37. The van der Waals surface area contributed by atoms with Crippen LogP contribution in [0.5, 0.6) is 0 Å². The van der Waals surface area contributed by atoms with Gasteiger partial charge >= 0.3 is 0 Å². The summed E-state index contributed by atoms with van der Waals surface area (Å²) < 4.78 is 1.00. The van der Waals surface area contributed by atoms with Crippen LogP contribution >= 0.6 is 15.9 Å². The molecule has 0 aliphatic carbocycles. The first-order chi connectivity index (χ1) is 7.77. The lowest BCUT2D eigenvalue weighted by Crippen LogP contribution is -2.22. The van der Waals surface area contributed by atoms with Gasteiger partial charge in [0, 0.05) is 11.0 Å². The largest absolute Gasteiger partial charge is 0.388 e. The molecule has 1 aliphatic rings. The summed E-state index contributed by atoms with van der Waals surface area (Å²) in [5.74, 6) is 0. The highest BCUT2D eigenvalue weighted by atomic mass is 79.9. The minimum absolute atomic E-state index is 0.351. The molecule has 16 heavy (non-hydrogen) atoms. The van der Waals surface area contributed by atoms with Gasteiger partial charge < -0.3 is 10.0 Å². The molecule has 1 unspecified atom stereocenters. The molecular formula is C13H18BrNO. The fourth-order valence-corrected chi connectivity index (χ4v) is 2.76. The lowest BCUT2D eigenvalue weighted by molar-refractivity contribution is 0.148. The van der Waals surface area contributed by atoms with Gasteiger partial charge in [-0.05, 0) is 44.0 Å². The molecule has 0 spiro atoms. The first-order valence-corrected chi connectivity index (χ1v) is 6.71. The predicted octanol–water partition coefficient (Wildman–Crippen LogP) is 2.97. The zero-order valence-electron chi connectivity index (χ0n) is 9.40. The zero-order valence-corrected chi connectivity index (χ0v) is 11.0. The maximum absolute atomic E-state index is 10.1. The molecule has 0 amide bonds. The molecule has 0 bridgehead atoms. The van der Waals surface area contributed by atoms with Crippen LogP contribution < -0.4 is 0 Å². The quantitative estimate of drug-likeness (QED) is 0.919. The van der Waals surface area contributed by atoms with Gasteiger partial charge in [-0.1, -0.05) is 34.1 Å². The number of aliphatic hydroxyl groups is 1. The Morgan fingerprint density at radius 1 is 1.25 bits per heavy atom. The molecule has 1 atom stereocenters. The number of aliphatic hydroxyl groups excluding tert-OH is 1. The number of hydrogen-bond acceptors (Lipinski definition) is 2. The van der Waals surface area contributed by atoms with Crippen LogP contribution in [-0.4, -0.2) is 29.6 Å². The fraction of sp³-hybridized carbons (Fsp3) is 0.538. The summed E-state index contributed by atoms with van der Waals surface area (Å²) in [5.41, 5.74) is 1.00. The molecule has 1 aliphatic heterocycles. The molecule has 0 radical (unpaired) electrons. The van der Waals surface area contributed by atoms with Gasteiger partial charge in [-0.3, -0.25) is 0 Å². The van der Waals surface area contributed by atoms with Gasteiger partial charge in [0.05, 0.1) is 6.10 Å². The van der Waals surface area contributed by atoms with Crippen molar-refractivity contribution in [2.45, 2.75) is 25.4 Å². The molecule has 1 N–H and O–H groups in total. The number of nitrogens with zero attached hydrogens (tertiary/aromatic N) is 1. The van der Waals surface area contributed by atoms with Crippen LogP contribution in [0.2, 0.25) is 0 Å². The van der Waals surface area contributed by atoms with E-state index in [0.29, 0.717) is 0 Å². The van der Waals surface area contributed by atoms with Crippen LogP contribution in [0.3, 0.4) is 0 Å². The molecule has 0 saturated carbocycles. The fourth-order valence-electron chi connectivity index (χ4n) is 2.21. The Balaban J connectivity index is 1.87. The van der Waals surface area contributed by atoms with Gasteiger partial charge in [0.15, 0.2) is 0 Å². The number of likely N-dealkylation sites (tertiary alicyclic amines) is 1. The van der Waals surface area contributed by atoms with E-state index in [1.54, 1.807) is 0 Å². The highest BCUT2D eigenvalue weighted by Crippen LogP contribution is 2.25. The van der Waals surface area contributed by atoms with Crippen molar-refractivity contribution in [2.75, 3.05) is 19.6 Å². The Labute approximate surface area is 105 Å². The number of benzene rings is 1. The second-order valence-corrected chi connectivity index (χ2v) is 5.23. The molecule has 1 saturated heterocycles. The first-order valence-electron chi connectivity index (χ1n) is 5.92. The SMILES string of the molecule is OC(CCN1CCCC1)c1ccccc1Br. The van der Waals surface area contributed by atoms with Crippen LogP contribution in [0.4, 0.5) is 0 Å². The standard InChI is InChI=1S/C13H18BrNO/c14-12-6-2-1-5-11(12)13(16)7-10-15-8-3-4-9-15/h1-2,5-6,13,16H,3-4,7-10H2. The van der Waals surface area contributed by atoms with E-state index in [1.165, 1.54) is 25.9 Å². The Kier molecular flexibility index (Phi) is 4.38. The third-order valence-corrected chi connectivity index (χ3v) is 3.90. The van der Waals surface area contributed by atoms with Crippen LogP contribution in [-0.2, 0) is 0 Å². The Bertz CT molecular complexity index is 336. The summed E-state index contributed by atoms with van der Waals surface area (Å²) in [6, 6.07) is 7.91. The van der Waals surface area contributed by atoms with E-state index in [4.69, 9.17) is 0 Å². The molecule has 2 nitrogen and oxygen atoms in total. The summed E-state index contributed by atoms with van der Waals surface area (Å²) in [7, 11) is 0. The van der Waals surface area contributed by atoms with E-state index in [1.807, 2.05) is 24.3 Å². The normalized spacial score (nSPS) is 18.9. The Morgan fingerprint density at radius 2 is 1.94 bits per heavy atom. The van der Waals surface area contributed by atoms with E-state index in [9.17, 15) is 5.11 Å². The van der Waals surface area contributed by atoms with Crippen molar-refractivity contribution in [3.63, 3.8) is 0 Å². The lowest BCUT2D eigenvalue weighted by atomic mass is 10.1. The maximum atomic E-state index is 10.1. The van der Waals surface area contributed by atoms with Crippen LogP contribution in [0, 0.1) is 0 Å². The second kappa shape index (κ2) is 5.80. The summed E-state index contributed by atoms with van der Waals surface area (Å²) in [4.78, 5) is 2.43. The van der Waals surface area contributed by atoms with Gasteiger partial charge in [0.1, 0.15) is 0 Å². The third-order valence-electron chi connectivity index (χ3n) is 3.18. The van der Waals surface area contributed by atoms with Crippen molar-refractivity contribution in [1.82, 2.24) is 4.90 Å². The third kappa shape index (κ3) is 3.06. The lowest BCUT2D eigenvalue weighted by Gasteiger charge is -2.18. The minimum atomic E-state index is -0.351. The molecule has 1 aromatic rings. The van der Waals surface area contributed by atoms with Crippen LogP contribution in [0.25, 0.3) is 0 Å². The van der Waals surface area contributed by atoms with Gasteiger partial charge in [-0.25, -0.2) is 0 Å². The van der Waals surface area contributed by atoms with Crippen molar-refractivity contribution in [3.05, 3.63) is 34.3 Å². The van der Waals surface area contributed by atoms with Crippen molar-refractivity contribution in [1.29, 1.82) is 0 Å². The van der Waals surface area contributed by atoms with Crippen molar-refractivity contribution < 1.29 is 5.11 Å². The van der Waals surface area contributed by atoms with Crippen molar-refractivity contribution in [2.24, 2.45) is 0 Å². The molecule has 0 aromatic heterocycles. The maximum Gasteiger partial charge on any atom is 0.0813 e. The topological polar surface area (TPSA) is 23.5 Å². The highest BCUT2D eigenvalue weighted by Gasteiger charge is 2.15. The van der Waals surface area contributed by atoms with E-state index >= 15 is 0 Å². The van der Waals surface area contributed by atoms with Crippen molar-refractivity contribution in [3.8, 4) is 0 Å². The van der Waals surface area contributed by atoms with E-state index in [2.05, 4.69) is 20.8 Å². The van der Waals surface area contributed by atoms with E-state index in [0.717, 1.165) is 23.0 Å². The van der Waals surface area contributed by atoms with E-state index < -0.39 is 0 Å². The number of hydrogen-bond donors (Lipinski definition) is 1.